The Morgan fingerprint density at radius 2 is 1.16 bits per heavy atom. The largest absolute Gasteiger partial charge is 0.311 e. The summed E-state index contributed by atoms with van der Waals surface area (Å²) in [6.07, 6.45) is 0. The van der Waals surface area contributed by atoms with E-state index in [4.69, 9.17) is 0 Å². The van der Waals surface area contributed by atoms with Crippen molar-refractivity contribution in [3.05, 3.63) is 155 Å². The normalized spacial score (nSPS) is 15.2. The van der Waals surface area contributed by atoms with Crippen LogP contribution in [0, 0.1) is 6.92 Å². The molecule has 7 aromatic rings. The van der Waals surface area contributed by atoms with Gasteiger partial charge in [0.2, 0.25) is 6.71 Å². The number of para-hydroxylation sites is 2. The van der Waals surface area contributed by atoms with Gasteiger partial charge >= 0.3 is 0 Å². The van der Waals surface area contributed by atoms with E-state index in [2.05, 4.69) is 139 Å². The second-order valence-corrected chi connectivity index (χ2v) is 13.6. The van der Waals surface area contributed by atoms with E-state index in [1.54, 1.807) is 0 Å². The van der Waals surface area contributed by atoms with Crippen molar-refractivity contribution in [2.45, 2.75) is 12.3 Å². The minimum absolute atomic E-state index is 0.191. The zero-order valence-electron chi connectivity index (χ0n) is 23.6. The quantitative estimate of drug-likeness (QED) is 0.169. The Hall–Kier alpha value is -4.86. The number of hydrogen-bond acceptors (Lipinski definition) is 2. The van der Waals surface area contributed by atoms with E-state index in [0.717, 1.165) is 0 Å². The molecule has 11 rings (SSSR count). The fraction of sp³-hybridized carbons (Fsp3) is 0.0500. The van der Waals surface area contributed by atoms with Gasteiger partial charge < -0.3 is 4.90 Å². The van der Waals surface area contributed by atoms with Gasteiger partial charge in [0.15, 0.2) is 0 Å². The van der Waals surface area contributed by atoms with Crippen molar-refractivity contribution in [1.29, 1.82) is 0 Å². The molecule has 0 saturated carbocycles. The van der Waals surface area contributed by atoms with Gasteiger partial charge in [-0.05, 0) is 80.4 Å². The van der Waals surface area contributed by atoms with E-state index in [9.17, 15) is 0 Å². The summed E-state index contributed by atoms with van der Waals surface area (Å²) >= 11 is 1.94. The van der Waals surface area contributed by atoms with Crippen LogP contribution in [0.2, 0.25) is 0 Å². The molecule has 1 nitrogen and oxygen atoms in total. The van der Waals surface area contributed by atoms with Crippen LogP contribution in [-0.4, -0.2) is 6.71 Å². The van der Waals surface area contributed by atoms with Gasteiger partial charge in [0.1, 0.15) is 0 Å². The van der Waals surface area contributed by atoms with Crippen LogP contribution in [-0.2, 0) is 5.41 Å². The maximum Gasteiger partial charge on any atom is 0.248 e. The van der Waals surface area contributed by atoms with Crippen LogP contribution >= 0.6 is 11.3 Å². The fourth-order valence-electron chi connectivity index (χ4n) is 9.27. The molecule has 43 heavy (non-hydrogen) atoms. The summed E-state index contributed by atoms with van der Waals surface area (Å²) in [5.41, 5.74) is 18.9. The Kier molecular flexibility index (Phi) is 3.99. The van der Waals surface area contributed by atoms with Crippen molar-refractivity contribution in [2.24, 2.45) is 0 Å². The first kappa shape index (κ1) is 22.7. The third-order valence-electron chi connectivity index (χ3n) is 10.6. The van der Waals surface area contributed by atoms with Crippen molar-refractivity contribution in [2.75, 3.05) is 4.90 Å². The van der Waals surface area contributed by atoms with Gasteiger partial charge in [-0.2, -0.15) is 0 Å². The number of aryl methyl sites for hydroxylation is 1. The van der Waals surface area contributed by atoms with Gasteiger partial charge in [0.05, 0.1) is 11.1 Å². The average Bonchev–Trinajstić information content (AvgIpc) is 3.55. The van der Waals surface area contributed by atoms with Crippen molar-refractivity contribution >= 4 is 61.6 Å². The third kappa shape index (κ3) is 2.40. The third-order valence-corrected chi connectivity index (χ3v) is 11.7. The molecule has 1 aliphatic carbocycles. The molecular weight excluding hydrogens is 537 g/mol. The summed E-state index contributed by atoms with van der Waals surface area (Å²) in [5.74, 6) is 0. The summed E-state index contributed by atoms with van der Waals surface area (Å²) in [6.45, 7) is 2.49. The first-order valence-electron chi connectivity index (χ1n) is 15.2. The molecule has 0 atom stereocenters. The molecule has 0 radical (unpaired) electrons. The monoisotopic (exact) mass is 561 g/mol. The van der Waals surface area contributed by atoms with Crippen molar-refractivity contribution in [1.82, 2.24) is 0 Å². The number of thiophene rings is 1. The molecule has 0 N–H and O–H groups in total. The van der Waals surface area contributed by atoms with E-state index in [1.807, 2.05) is 11.3 Å². The zero-order chi connectivity index (χ0) is 28.0. The number of fused-ring (bicyclic) bond motifs is 13. The first-order valence-corrected chi connectivity index (χ1v) is 16.0. The van der Waals surface area contributed by atoms with E-state index in [0.29, 0.717) is 0 Å². The Balaban J connectivity index is 1.35. The lowest BCUT2D eigenvalue weighted by molar-refractivity contribution is 0.753. The number of benzene rings is 6. The Morgan fingerprint density at radius 1 is 0.558 bits per heavy atom. The van der Waals surface area contributed by atoms with E-state index >= 15 is 0 Å². The molecular formula is C40H24BNS. The Morgan fingerprint density at radius 3 is 1.98 bits per heavy atom. The SMILES string of the molecule is Cc1sc2cccc3c2c1-c1cccc2c1B3c1cccc3c1N2c1ccccc1C31c2ccccc2-c2ccccc21. The highest BCUT2D eigenvalue weighted by molar-refractivity contribution is 7.20. The predicted octanol–water partition coefficient (Wildman–Crippen LogP) is 8.17. The number of rotatable bonds is 0. The van der Waals surface area contributed by atoms with Crippen LogP contribution in [0.4, 0.5) is 17.1 Å². The molecule has 1 aromatic heterocycles. The summed E-state index contributed by atoms with van der Waals surface area (Å²) in [7, 11) is 0. The molecule has 3 aliphatic heterocycles. The summed E-state index contributed by atoms with van der Waals surface area (Å²) < 4.78 is 1.40. The molecule has 0 amide bonds. The first-order chi connectivity index (χ1) is 21.3. The fourth-order valence-corrected chi connectivity index (χ4v) is 10.4. The maximum absolute atomic E-state index is 2.61. The highest BCUT2D eigenvalue weighted by atomic mass is 32.1. The van der Waals surface area contributed by atoms with Crippen molar-refractivity contribution in [3.8, 4) is 22.3 Å². The molecule has 0 fully saturated rings. The van der Waals surface area contributed by atoms with E-state index in [1.165, 1.54) is 92.9 Å². The molecule has 0 saturated heterocycles. The number of hydrogen-bond donors (Lipinski definition) is 0. The summed E-state index contributed by atoms with van der Waals surface area (Å²) in [5, 5.41) is 1.45. The highest BCUT2D eigenvalue weighted by Gasteiger charge is 2.54. The van der Waals surface area contributed by atoms with Crippen LogP contribution in [0.1, 0.15) is 27.1 Å². The Labute approximate surface area is 254 Å². The van der Waals surface area contributed by atoms with Gasteiger partial charge in [-0.25, -0.2) is 0 Å². The summed E-state index contributed by atoms with van der Waals surface area (Å²) in [4.78, 5) is 4.02. The zero-order valence-corrected chi connectivity index (χ0v) is 24.4. The van der Waals surface area contributed by atoms with Crippen LogP contribution in [0.15, 0.2) is 127 Å². The molecule has 0 unspecified atom stereocenters. The minimum atomic E-state index is -0.383. The van der Waals surface area contributed by atoms with Gasteiger partial charge in [-0.1, -0.05) is 115 Å². The smallest absolute Gasteiger partial charge is 0.248 e. The second-order valence-electron chi connectivity index (χ2n) is 12.4. The lowest BCUT2D eigenvalue weighted by Gasteiger charge is -2.49. The number of nitrogens with zero attached hydrogens (tertiary/aromatic N) is 1. The minimum Gasteiger partial charge on any atom is -0.311 e. The molecule has 1 spiro atoms. The van der Waals surface area contributed by atoms with Gasteiger partial charge in [0, 0.05) is 26.5 Å². The molecule has 4 heterocycles. The average molecular weight is 562 g/mol. The van der Waals surface area contributed by atoms with Crippen LogP contribution in [0.3, 0.4) is 0 Å². The number of anilines is 3. The maximum atomic E-state index is 2.61. The molecule has 198 valence electrons. The molecule has 3 heteroatoms. The second kappa shape index (κ2) is 7.56. The topological polar surface area (TPSA) is 3.24 Å². The van der Waals surface area contributed by atoms with Crippen LogP contribution in [0.5, 0.6) is 0 Å². The molecule has 4 aliphatic rings. The standard InChI is InChI=1S/C40H24BNS/c1-23-36-26-13-8-21-34-38(26)41(31-18-10-22-35(43-23)37(31)36)32-19-9-17-30-39(32)42(34)33-20-7-6-16-29(33)40(30)27-14-4-2-11-24(27)25-12-3-5-15-28(25)40/h2-22H,1H3. The summed E-state index contributed by atoms with van der Waals surface area (Å²) in [6, 6.07) is 48.5. The van der Waals surface area contributed by atoms with E-state index in [-0.39, 0.29) is 12.1 Å². The van der Waals surface area contributed by atoms with Gasteiger partial charge in [-0.3, -0.25) is 0 Å². The van der Waals surface area contributed by atoms with E-state index < -0.39 is 0 Å². The van der Waals surface area contributed by atoms with Crippen LogP contribution < -0.4 is 21.3 Å². The van der Waals surface area contributed by atoms with Gasteiger partial charge in [-0.15, -0.1) is 11.3 Å². The van der Waals surface area contributed by atoms with Crippen LogP contribution in [0.25, 0.3) is 32.3 Å². The van der Waals surface area contributed by atoms with Crippen molar-refractivity contribution < 1.29 is 0 Å². The lowest BCUT2D eigenvalue weighted by Crippen LogP contribution is -2.60. The lowest BCUT2D eigenvalue weighted by atomic mass is 9.32. The molecule has 0 bridgehead atoms. The van der Waals surface area contributed by atoms with Gasteiger partial charge in [0.25, 0.3) is 0 Å². The Bertz CT molecular complexity index is 2350. The predicted molar refractivity (Wildman–Crippen MR) is 182 cm³/mol. The van der Waals surface area contributed by atoms with Crippen molar-refractivity contribution in [3.63, 3.8) is 0 Å². The highest BCUT2D eigenvalue weighted by Crippen LogP contribution is 2.63. The molecule has 6 aromatic carbocycles.